The van der Waals surface area contributed by atoms with Crippen LogP contribution in [0.2, 0.25) is 0 Å². The first-order valence-corrected chi connectivity index (χ1v) is 8.74. The summed E-state index contributed by atoms with van der Waals surface area (Å²) in [7, 11) is 1.91. The van der Waals surface area contributed by atoms with E-state index in [0.29, 0.717) is 19.4 Å². The van der Waals surface area contributed by atoms with Gasteiger partial charge in [0.15, 0.2) is 0 Å². The van der Waals surface area contributed by atoms with E-state index in [1.54, 1.807) is 11.1 Å². The van der Waals surface area contributed by atoms with Crippen LogP contribution in [0.4, 0.5) is 5.69 Å². The van der Waals surface area contributed by atoms with Gasteiger partial charge in [-0.3, -0.25) is 0 Å². The van der Waals surface area contributed by atoms with Crippen LogP contribution >= 0.6 is 0 Å². The lowest BCUT2D eigenvalue weighted by molar-refractivity contribution is 0.339. The number of phenolic OH excluding ortho intramolecular Hbond substituents is 1. The molecule has 3 N–H and O–H groups in total. The number of aryl methyl sites for hydroxylation is 2. The molecule has 2 aromatic rings. The minimum Gasteiger partial charge on any atom is -0.506 e. The van der Waals surface area contributed by atoms with Gasteiger partial charge in [0.1, 0.15) is 5.75 Å². The van der Waals surface area contributed by atoms with Crippen molar-refractivity contribution in [2.75, 3.05) is 11.9 Å². The van der Waals surface area contributed by atoms with E-state index >= 15 is 0 Å². The number of anilines is 1. The third-order valence-electron chi connectivity index (χ3n) is 4.51. The molecule has 4 heteroatoms. The predicted molar refractivity (Wildman–Crippen MR) is 110 cm³/mol. The van der Waals surface area contributed by atoms with E-state index in [4.69, 9.17) is 5.84 Å². The maximum Gasteiger partial charge on any atom is 0.139 e. The van der Waals surface area contributed by atoms with Crippen molar-refractivity contribution in [3.05, 3.63) is 83.7 Å². The van der Waals surface area contributed by atoms with Crippen LogP contribution in [0.25, 0.3) is 0 Å². The van der Waals surface area contributed by atoms with E-state index in [0.717, 1.165) is 28.2 Å². The molecule has 0 spiro atoms. The van der Waals surface area contributed by atoms with Crippen LogP contribution in [-0.2, 0) is 6.54 Å². The first-order valence-electron chi connectivity index (χ1n) is 8.74. The van der Waals surface area contributed by atoms with Gasteiger partial charge in [-0.25, -0.2) is 5.84 Å². The second-order valence-corrected chi connectivity index (χ2v) is 6.80. The van der Waals surface area contributed by atoms with Crippen molar-refractivity contribution in [1.29, 1.82) is 0 Å². The number of phenols is 1. The predicted octanol–water partition coefficient (Wildman–Crippen LogP) is 4.63. The summed E-state index contributed by atoms with van der Waals surface area (Å²) in [5.74, 6) is 6.42. The summed E-state index contributed by atoms with van der Waals surface area (Å²) in [5, 5.41) is 11.8. The van der Waals surface area contributed by atoms with Gasteiger partial charge in [0, 0.05) is 18.4 Å². The number of hydrogen-bond acceptors (Lipinski definition) is 4. The maximum absolute atomic E-state index is 10.1. The molecule has 138 valence electrons. The molecule has 26 heavy (non-hydrogen) atoms. The standard InChI is InChI=1S/C22H29N3O/c1-16-7-6-8-20(13-16)15-25(23)19(4)11-10-18(3)24(5)21-14-17(2)9-12-22(21)26/h6-9,12-14,26H,3-4,10-11,15,23H2,1-2,5H3. The molecule has 0 saturated carbocycles. The summed E-state index contributed by atoms with van der Waals surface area (Å²) in [4.78, 5) is 1.91. The van der Waals surface area contributed by atoms with Gasteiger partial charge < -0.3 is 15.0 Å². The Kier molecular flexibility index (Phi) is 6.47. The molecular formula is C22H29N3O. The van der Waals surface area contributed by atoms with Gasteiger partial charge >= 0.3 is 0 Å². The number of aromatic hydroxyl groups is 1. The fourth-order valence-corrected chi connectivity index (χ4v) is 2.79. The highest BCUT2D eigenvalue weighted by Gasteiger charge is 2.12. The van der Waals surface area contributed by atoms with E-state index in [1.165, 1.54) is 5.56 Å². The Morgan fingerprint density at radius 3 is 2.35 bits per heavy atom. The second kappa shape index (κ2) is 8.59. The molecule has 0 heterocycles. The average Bonchev–Trinajstić information content (AvgIpc) is 2.60. The highest BCUT2D eigenvalue weighted by atomic mass is 16.3. The molecule has 0 bridgehead atoms. The maximum atomic E-state index is 10.1. The van der Waals surface area contributed by atoms with Crippen molar-refractivity contribution >= 4 is 5.69 Å². The Labute approximate surface area is 156 Å². The topological polar surface area (TPSA) is 52.7 Å². The lowest BCUT2D eigenvalue weighted by Crippen LogP contribution is -2.29. The van der Waals surface area contributed by atoms with Crippen LogP contribution < -0.4 is 10.7 Å². The summed E-state index contributed by atoms with van der Waals surface area (Å²) >= 11 is 0. The van der Waals surface area contributed by atoms with E-state index < -0.39 is 0 Å². The summed E-state index contributed by atoms with van der Waals surface area (Å²) < 4.78 is 0. The third-order valence-corrected chi connectivity index (χ3v) is 4.51. The van der Waals surface area contributed by atoms with E-state index in [1.807, 2.05) is 37.1 Å². The molecule has 4 nitrogen and oxygen atoms in total. The fourth-order valence-electron chi connectivity index (χ4n) is 2.79. The summed E-state index contributed by atoms with van der Waals surface area (Å²) in [6.45, 7) is 12.9. The highest BCUT2D eigenvalue weighted by molar-refractivity contribution is 5.61. The molecular weight excluding hydrogens is 322 g/mol. The van der Waals surface area contributed by atoms with Crippen LogP contribution in [0, 0.1) is 13.8 Å². The Balaban J connectivity index is 1.91. The van der Waals surface area contributed by atoms with Crippen LogP contribution in [0.5, 0.6) is 5.75 Å². The van der Waals surface area contributed by atoms with Gasteiger partial charge in [0.05, 0.1) is 12.2 Å². The van der Waals surface area contributed by atoms with Crippen molar-refractivity contribution in [2.24, 2.45) is 5.84 Å². The molecule has 2 aromatic carbocycles. The summed E-state index contributed by atoms with van der Waals surface area (Å²) in [6.07, 6.45) is 1.42. The molecule has 0 aliphatic heterocycles. The smallest absolute Gasteiger partial charge is 0.139 e. The van der Waals surface area contributed by atoms with E-state index in [-0.39, 0.29) is 5.75 Å². The molecule has 0 fully saturated rings. The molecule has 0 atom stereocenters. The number of hydrogen-bond donors (Lipinski definition) is 2. The van der Waals surface area contributed by atoms with Crippen molar-refractivity contribution in [3.8, 4) is 5.75 Å². The largest absolute Gasteiger partial charge is 0.506 e. The fraction of sp³-hybridized carbons (Fsp3) is 0.273. The Hall–Kier alpha value is -2.72. The van der Waals surface area contributed by atoms with E-state index in [2.05, 4.69) is 38.3 Å². The zero-order chi connectivity index (χ0) is 19.3. The summed E-state index contributed by atoms with van der Waals surface area (Å²) in [6, 6.07) is 13.8. The first-order chi connectivity index (χ1) is 12.3. The van der Waals surface area contributed by atoms with Crippen molar-refractivity contribution < 1.29 is 5.11 Å². The lowest BCUT2D eigenvalue weighted by Gasteiger charge is -2.25. The number of hydrazine groups is 1. The zero-order valence-electron chi connectivity index (χ0n) is 16.0. The van der Waals surface area contributed by atoms with Gasteiger partial charge in [-0.1, -0.05) is 49.1 Å². The third kappa shape index (κ3) is 5.14. The van der Waals surface area contributed by atoms with Crippen molar-refractivity contribution in [2.45, 2.75) is 33.2 Å². The van der Waals surface area contributed by atoms with Crippen molar-refractivity contribution in [3.63, 3.8) is 0 Å². The van der Waals surface area contributed by atoms with Gasteiger partial charge in [-0.15, -0.1) is 0 Å². The number of rotatable bonds is 8. The Morgan fingerprint density at radius 1 is 1.00 bits per heavy atom. The number of nitrogens with zero attached hydrogens (tertiary/aromatic N) is 2. The molecule has 0 aromatic heterocycles. The molecule has 0 saturated heterocycles. The van der Waals surface area contributed by atoms with Crippen LogP contribution in [-0.4, -0.2) is 17.2 Å². The van der Waals surface area contributed by atoms with Crippen LogP contribution in [0.1, 0.15) is 29.5 Å². The van der Waals surface area contributed by atoms with Crippen LogP contribution in [0.15, 0.2) is 67.0 Å². The molecule has 0 amide bonds. The highest BCUT2D eigenvalue weighted by Crippen LogP contribution is 2.30. The minimum absolute atomic E-state index is 0.248. The quantitative estimate of drug-likeness (QED) is 0.538. The Morgan fingerprint density at radius 2 is 1.65 bits per heavy atom. The van der Waals surface area contributed by atoms with Gasteiger partial charge in [-0.05, 0) is 49.9 Å². The molecule has 0 aliphatic carbocycles. The number of allylic oxidation sites excluding steroid dienone is 2. The zero-order valence-corrected chi connectivity index (χ0v) is 16.0. The average molecular weight is 351 g/mol. The monoisotopic (exact) mass is 351 g/mol. The molecule has 0 unspecified atom stereocenters. The molecule has 0 radical (unpaired) electrons. The SMILES string of the molecule is C=C(CCC(=C)N(C)c1cc(C)ccc1O)N(N)Cc1cccc(C)c1. The van der Waals surface area contributed by atoms with Gasteiger partial charge in [0.2, 0.25) is 0 Å². The van der Waals surface area contributed by atoms with E-state index in [9.17, 15) is 5.11 Å². The van der Waals surface area contributed by atoms with Gasteiger partial charge in [0.25, 0.3) is 0 Å². The van der Waals surface area contributed by atoms with Crippen molar-refractivity contribution in [1.82, 2.24) is 5.01 Å². The number of nitrogens with two attached hydrogens (primary N) is 1. The summed E-state index contributed by atoms with van der Waals surface area (Å²) in [5.41, 5.74) is 5.98. The number of benzene rings is 2. The van der Waals surface area contributed by atoms with Gasteiger partial charge in [-0.2, -0.15) is 0 Å². The Bertz CT molecular complexity index is 798. The van der Waals surface area contributed by atoms with Crippen LogP contribution in [0.3, 0.4) is 0 Å². The lowest BCUT2D eigenvalue weighted by atomic mass is 10.1. The second-order valence-electron chi connectivity index (χ2n) is 6.80. The normalized spacial score (nSPS) is 10.5. The molecule has 2 rings (SSSR count). The first kappa shape index (κ1) is 19.6. The minimum atomic E-state index is 0.248. The molecule has 0 aliphatic rings.